The number of rotatable bonds is 2. The van der Waals surface area contributed by atoms with Gasteiger partial charge in [-0.1, -0.05) is 17.7 Å². The smallest absolute Gasteiger partial charge is 0.0504 e. The maximum absolute atomic E-state index is 6.24. The molecule has 0 aliphatic rings. The molecule has 0 aliphatic heterocycles. The van der Waals surface area contributed by atoms with Crippen LogP contribution in [0.15, 0.2) is 12.1 Å². The van der Waals surface area contributed by atoms with Crippen LogP contribution in [0.5, 0.6) is 0 Å². The monoisotopic (exact) mass is 222 g/mol. The number of benzene rings is 1. The van der Waals surface area contributed by atoms with Crippen molar-refractivity contribution in [2.24, 2.45) is 0 Å². The number of nitrogens with one attached hydrogen (secondary N) is 2. The van der Waals surface area contributed by atoms with Gasteiger partial charge in [-0.3, -0.25) is 0 Å². The maximum Gasteiger partial charge on any atom is 0.0504 e. The van der Waals surface area contributed by atoms with Crippen LogP contribution in [0, 0.1) is 13.8 Å². The van der Waals surface area contributed by atoms with Crippen molar-refractivity contribution >= 4 is 22.5 Å². The van der Waals surface area contributed by atoms with E-state index in [1.54, 1.807) is 0 Å². The molecule has 0 bridgehead atoms. The van der Waals surface area contributed by atoms with Gasteiger partial charge in [-0.25, -0.2) is 0 Å². The van der Waals surface area contributed by atoms with E-state index in [2.05, 4.69) is 24.1 Å². The van der Waals surface area contributed by atoms with Crippen LogP contribution in [0.25, 0.3) is 10.9 Å². The second-order valence-electron chi connectivity index (χ2n) is 3.87. The van der Waals surface area contributed by atoms with Crippen molar-refractivity contribution in [3.63, 3.8) is 0 Å². The molecule has 0 saturated heterocycles. The highest BCUT2D eigenvalue weighted by molar-refractivity contribution is 6.35. The number of aromatic amines is 1. The Bertz CT molecular complexity index is 500. The highest BCUT2D eigenvalue weighted by atomic mass is 35.5. The Hall–Kier alpha value is -0.990. The van der Waals surface area contributed by atoms with Crippen LogP contribution in [0.3, 0.4) is 0 Å². The van der Waals surface area contributed by atoms with E-state index in [-0.39, 0.29) is 0 Å². The lowest BCUT2D eigenvalue weighted by Crippen LogP contribution is -2.05. The lowest BCUT2D eigenvalue weighted by atomic mass is 10.1. The summed E-state index contributed by atoms with van der Waals surface area (Å²) in [6.45, 7) is 5.02. The first-order valence-electron chi connectivity index (χ1n) is 5.06. The average Bonchev–Trinajstić information content (AvgIpc) is 2.53. The zero-order chi connectivity index (χ0) is 11.0. The number of aromatic nitrogens is 1. The van der Waals surface area contributed by atoms with E-state index in [1.165, 1.54) is 16.8 Å². The zero-order valence-electron chi connectivity index (χ0n) is 9.24. The van der Waals surface area contributed by atoms with Gasteiger partial charge in [-0.2, -0.15) is 0 Å². The third-order valence-corrected chi connectivity index (χ3v) is 3.10. The predicted molar refractivity (Wildman–Crippen MR) is 65.5 cm³/mol. The summed E-state index contributed by atoms with van der Waals surface area (Å²) in [4.78, 5) is 3.40. The van der Waals surface area contributed by atoms with E-state index in [0.29, 0.717) is 0 Å². The maximum atomic E-state index is 6.24. The predicted octanol–water partition coefficient (Wildman–Crippen LogP) is 3.16. The molecule has 2 nitrogen and oxygen atoms in total. The highest BCUT2D eigenvalue weighted by Gasteiger charge is 2.12. The van der Waals surface area contributed by atoms with Crippen molar-refractivity contribution in [1.29, 1.82) is 0 Å². The number of aryl methyl sites for hydroxylation is 2. The van der Waals surface area contributed by atoms with Gasteiger partial charge < -0.3 is 10.3 Å². The minimum atomic E-state index is 0.824. The number of hydrogen-bond donors (Lipinski definition) is 2. The molecule has 0 fully saturated rings. The quantitative estimate of drug-likeness (QED) is 0.803. The summed E-state index contributed by atoms with van der Waals surface area (Å²) in [5.74, 6) is 0. The molecule has 0 unspecified atom stereocenters. The van der Waals surface area contributed by atoms with Gasteiger partial charge >= 0.3 is 0 Å². The Morgan fingerprint density at radius 3 is 2.73 bits per heavy atom. The molecule has 1 aromatic heterocycles. The standard InChI is InChI=1S/C12H15ClN2/c1-7-4-5-10(13)11-9(6-14-3)8(2)15-12(7)11/h4-5,14-15H,6H2,1-3H3. The Balaban J connectivity index is 2.79. The Kier molecular flexibility index (Phi) is 2.72. The highest BCUT2D eigenvalue weighted by Crippen LogP contribution is 2.31. The second-order valence-corrected chi connectivity index (χ2v) is 4.28. The molecule has 1 aromatic carbocycles. The SMILES string of the molecule is CNCc1c(C)[nH]c2c(C)ccc(Cl)c12. The van der Waals surface area contributed by atoms with Gasteiger partial charge in [0.1, 0.15) is 0 Å². The minimum Gasteiger partial charge on any atom is -0.358 e. The van der Waals surface area contributed by atoms with Crippen molar-refractivity contribution in [3.8, 4) is 0 Å². The Morgan fingerprint density at radius 2 is 2.07 bits per heavy atom. The molecule has 2 N–H and O–H groups in total. The molecule has 0 saturated carbocycles. The van der Waals surface area contributed by atoms with Crippen LogP contribution in [-0.4, -0.2) is 12.0 Å². The summed E-state index contributed by atoms with van der Waals surface area (Å²) >= 11 is 6.24. The third-order valence-electron chi connectivity index (χ3n) is 2.78. The molecule has 0 atom stereocenters. The fraction of sp³-hybridized carbons (Fsp3) is 0.333. The molecule has 80 valence electrons. The molecule has 0 radical (unpaired) electrons. The van der Waals surface area contributed by atoms with E-state index < -0.39 is 0 Å². The number of hydrogen-bond acceptors (Lipinski definition) is 1. The third kappa shape index (κ3) is 1.64. The lowest BCUT2D eigenvalue weighted by Gasteiger charge is -2.02. The topological polar surface area (TPSA) is 27.8 Å². The van der Waals surface area contributed by atoms with Crippen molar-refractivity contribution < 1.29 is 0 Å². The van der Waals surface area contributed by atoms with Crippen LogP contribution in [0.2, 0.25) is 5.02 Å². The fourth-order valence-corrected chi connectivity index (χ4v) is 2.26. The van der Waals surface area contributed by atoms with E-state index in [0.717, 1.165) is 22.5 Å². The summed E-state index contributed by atoms with van der Waals surface area (Å²) in [6, 6.07) is 4.01. The molecule has 2 aromatic rings. The average molecular weight is 223 g/mol. The van der Waals surface area contributed by atoms with Crippen LogP contribution in [0.1, 0.15) is 16.8 Å². The first-order chi connectivity index (χ1) is 7.15. The Morgan fingerprint density at radius 1 is 1.33 bits per heavy atom. The molecular formula is C12H15ClN2. The van der Waals surface area contributed by atoms with Crippen LogP contribution in [0.4, 0.5) is 0 Å². The molecule has 2 rings (SSSR count). The van der Waals surface area contributed by atoms with Gasteiger partial charge in [-0.05, 0) is 38.1 Å². The van der Waals surface area contributed by atoms with Gasteiger partial charge in [-0.15, -0.1) is 0 Å². The normalized spacial score (nSPS) is 11.2. The summed E-state index contributed by atoms with van der Waals surface area (Å²) in [7, 11) is 1.95. The van der Waals surface area contributed by atoms with Gasteiger partial charge in [0.05, 0.1) is 10.5 Å². The number of fused-ring (bicyclic) bond motifs is 1. The van der Waals surface area contributed by atoms with Crippen molar-refractivity contribution in [1.82, 2.24) is 10.3 Å². The van der Waals surface area contributed by atoms with Gasteiger partial charge in [0.15, 0.2) is 0 Å². The molecule has 0 amide bonds. The fourth-order valence-electron chi connectivity index (χ4n) is 1.99. The minimum absolute atomic E-state index is 0.824. The van der Waals surface area contributed by atoms with E-state index >= 15 is 0 Å². The molecule has 0 aliphatic carbocycles. The molecule has 0 spiro atoms. The number of H-pyrrole nitrogens is 1. The molecule has 15 heavy (non-hydrogen) atoms. The largest absolute Gasteiger partial charge is 0.358 e. The van der Waals surface area contributed by atoms with Gasteiger partial charge in [0.2, 0.25) is 0 Å². The number of halogens is 1. The second kappa shape index (κ2) is 3.87. The molecule has 3 heteroatoms. The van der Waals surface area contributed by atoms with Crippen LogP contribution in [-0.2, 0) is 6.54 Å². The van der Waals surface area contributed by atoms with E-state index in [1.807, 2.05) is 19.2 Å². The molecular weight excluding hydrogens is 208 g/mol. The summed E-state index contributed by atoms with van der Waals surface area (Å²) in [5, 5.41) is 5.15. The van der Waals surface area contributed by atoms with Crippen LogP contribution < -0.4 is 5.32 Å². The Labute approximate surface area is 94.6 Å². The van der Waals surface area contributed by atoms with Gasteiger partial charge in [0, 0.05) is 17.6 Å². The lowest BCUT2D eigenvalue weighted by molar-refractivity contribution is 0.817. The van der Waals surface area contributed by atoms with E-state index in [4.69, 9.17) is 11.6 Å². The summed E-state index contributed by atoms with van der Waals surface area (Å²) in [6.07, 6.45) is 0. The van der Waals surface area contributed by atoms with Crippen LogP contribution >= 0.6 is 11.6 Å². The first kappa shape index (κ1) is 10.5. The molecule has 1 heterocycles. The van der Waals surface area contributed by atoms with Crippen molar-refractivity contribution in [2.75, 3.05) is 7.05 Å². The zero-order valence-corrected chi connectivity index (χ0v) is 10.00. The van der Waals surface area contributed by atoms with Gasteiger partial charge in [0.25, 0.3) is 0 Å². The van der Waals surface area contributed by atoms with Crippen molar-refractivity contribution in [3.05, 3.63) is 34.0 Å². The summed E-state index contributed by atoms with van der Waals surface area (Å²) < 4.78 is 0. The van der Waals surface area contributed by atoms with Crippen molar-refractivity contribution in [2.45, 2.75) is 20.4 Å². The van der Waals surface area contributed by atoms with E-state index in [9.17, 15) is 0 Å². The summed E-state index contributed by atoms with van der Waals surface area (Å²) in [5.41, 5.74) is 4.85. The first-order valence-corrected chi connectivity index (χ1v) is 5.43.